The number of esters is 1. The van der Waals surface area contributed by atoms with Gasteiger partial charge in [-0.1, -0.05) is 23.2 Å². The number of rotatable bonds is 2. The molecule has 0 saturated heterocycles. The lowest BCUT2D eigenvalue weighted by atomic mass is 10.2. The fourth-order valence-electron chi connectivity index (χ4n) is 1.04. The first kappa shape index (κ1) is 13.5. The van der Waals surface area contributed by atoms with Crippen LogP contribution in [-0.4, -0.2) is 18.8 Å². The SMILES string of the molecule is COC(=O)C(C#N)=Nc1cc(Cl)c(C)c(Cl)c1. The number of ether oxygens (including phenoxy) is 1. The zero-order valence-corrected chi connectivity index (χ0v) is 10.6. The standard InChI is InChI=1S/C11H8Cl2N2O2/c1-6-8(12)3-7(4-9(6)13)15-10(5-14)11(16)17-2/h3-4H,1-2H3. The van der Waals surface area contributed by atoms with E-state index in [1.165, 1.54) is 19.2 Å². The summed E-state index contributed by atoms with van der Waals surface area (Å²) in [5, 5.41) is 9.56. The monoisotopic (exact) mass is 270 g/mol. The first-order valence-corrected chi connectivity index (χ1v) is 5.28. The minimum absolute atomic E-state index is 0.326. The smallest absolute Gasteiger partial charge is 0.367 e. The van der Waals surface area contributed by atoms with Crippen LogP contribution in [0.25, 0.3) is 0 Å². The number of carbonyl (C=O) groups is 1. The second-order valence-electron chi connectivity index (χ2n) is 3.10. The summed E-state index contributed by atoms with van der Waals surface area (Å²) in [6.07, 6.45) is 0. The van der Waals surface area contributed by atoms with Crippen LogP contribution in [0, 0.1) is 18.3 Å². The van der Waals surface area contributed by atoms with Crippen molar-refractivity contribution in [1.82, 2.24) is 0 Å². The van der Waals surface area contributed by atoms with E-state index in [4.69, 9.17) is 28.5 Å². The van der Waals surface area contributed by atoms with Crippen LogP contribution in [0.5, 0.6) is 0 Å². The molecule has 1 aromatic carbocycles. The Morgan fingerprint density at radius 2 is 1.94 bits per heavy atom. The molecule has 0 aliphatic heterocycles. The van der Waals surface area contributed by atoms with Gasteiger partial charge in [0.15, 0.2) is 0 Å². The van der Waals surface area contributed by atoms with Gasteiger partial charge < -0.3 is 4.74 Å². The van der Waals surface area contributed by atoms with Crippen molar-refractivity contribution < 1.29 is 9.53 Å². The predicted octanol–water partition coefficient (Wildman–Crippen LogP) is 3.07. The van der Waals surface area contributed by atoms with Gasteiger partial charge in [0.05, 0.1) is 12.8 Å². The minimum Gasteiger partial charge on any atom is -0.464 e. The third-order valence-corrected chi connectivity index (χ3v) is 2.78. The summed E-state index contributed by atoms with van der Waals surface area (Å²) in [6.45, 7) is 1.75. The molecule has 6 heteroatoms. The summed E-state index contributed by atoms with van der Waals surface area (Å²) in [7, 11) is 1.17. The van der Waals surface area contributed by atoms with Crippen LogP contribution in [-0.2, 0) is 9.53 Å². The number of halogens is 2. The molecule has 0 aromatic heterocycles. The van der Waals surface area contributed by atoms with Crippen LogP contribution < -0.4 is 0 Å². The van der Waals surface area contributed by atoms with E-state index in [0.29, 0.717) is 21.3 Å². The molecule has 0 heterocycles. The first-order chi connectivity index (χ1) is 7.99. The van der Waals surface area contributed by atoms with Gasteiger partial charge in [-0.3, -0.25) is 0 Å². The molecule has 0 fully saturated rings. The maximum atomic E-state index is 11.1. The largest absolute Gasteiger partial charge is 0.464 e. The summed E-state index contributed by atoms with van der Waals surface area (Å²) < 4.78 is 4.40. The maximum absolute atomic E-state index is 11.1. The number of hydrogen-bond donors (Lipinski definition) is 0. The molecule has 0 amide bonds. The summed E-state index contributed by atoms with van der Waals surface area (Å²) >= 11 is 11.8. The Bertz CT molecular complexity index is 510. The zero-order valence-electron chi connectivity index (χ0n) is 9.12. The third kappa shape index (κ3) is 3.19. The Morgan fingerprint density at radius 1 is 1.41 bits per heavy atom. The molecular weight excluding hydrogens is 263 g/mol. The molecule has 88 valence electrons. The number of benzene rings is 1. The zero-order chi connectivity index (χ0) is 13.0. The van der Waals surface area contributed by atoms with E-state index in [2.05, 4.69) is 9.73 Å². The molecule has 4 nitrogen and oxygen atoms in total. The Labute approximate surface area is 108 Å². The van der Waals surface area contributed by atoms with Crippen molar-refractivity contribution >= 4 is 40.6 Å². The third-order valence-electron chi connectivity index (χ3n) is 1.99. The molecule has 0 N–H and O–H groups in total. The van der Waals surface area contributed by atoms with E-state index in [0.717, 1.165) is 0 Å². The highest BCUT2D eigenvalue weighted by Crippen LogP contribution is 2.29. The first-order valence-electron chi connectivity index (χ1n) is 4.52. The number of aliphatic imine (C=N–C) groups is 1. The molecule has 0 bridgehead atoms. The molecule has 0 atom stereocenters. The maximum Gasteiger partial charge on any atom is 0.367 e. The van der Waals surface area contributed by atoms with E-state index in [9.17, 15) is 4.79 Å². The van der Waals surface area contributed by atoms with Crippen molar-refractivity contribution in [2.24, 2.45) is 4.99 Å². The molecule has 1 rings (SSSR count). The Hall–Kier alpha value is -1.57. The second kappa shape index (κ2) is 5.67. The molecular formula is C11H8Cl2N2O2. The number of nitrogens with zero attached hydrogens (tertiary/aromatic N) is 2. The molecule has 0 aliphatic rings. The van der Waals surface area contributed by atoms with Gasteiger partial charge in [-0.25, -0.2) is 9.79 Å². The molecule has 0 spiro atoms. The van der Waals surface area contributed by atoms with Crippen molar-refractivity contribution in [3.63, 3.8) is 0 Å². The van der Waals surface area contributed by atoms with E-state index < -0.39 is 5.97 Å². The van der Waals surface area contributed by atoms with Gasteiger partial charge in [0.1, 0.15) is 6.07 Å². The topological polar surface area (TPSA) is 62.5 Å². The lowest BCUT2D eigenvalue weighted by Crippen LogP contribution is -2.13. The number of methoxy groups -OCH3 is 1. The molecule has 0 unspecified atom stereocenters. The second-order valence-corrected chi connectivity index (χ2v) is 3.91. The highest BCUT2D eigenvalue weighted by molar-refractivity contribution is 6.43. The van der Waals surface area contributed by atoms with Gasteiger partial charge in [0.2, 0.25) is 5.71 Å². The fourth-order valence-corrected chi connectivity index (χ4v) is 1.51. The van der Waals surface area contributed by atoms with Crippen LogP contribution in [0.4, 0.5) is 5.69 Å². The molecule has 0 radical (unpaired) electrons. The van der Waals surface area contributed by atoms with E-state index >= 15 is 0 Å². The van der Waals surface area contributed by atoms with Crippen LogP contribution in [0.1, 0.15) is 5.56 Å². The predicted molar refractivity (Wildman–Crippen MR) is 65.9 cm³/mol. The molecule has 17 heavy (non-hydrogen) atoms. The van der Waals surface area contributed by atoms with Crippen LogP contribution in [0.15, 0.2) is 17.1 Å². The average molecular weight is 271 g/mol. The minimum atomic E-state index is -0.805. The summed E-state index contributed by atoms with van der Waals surface area (Å²) in [4.78, 5) is 15.0. The number of nitriles is 1. The number of hydrogen-bond acceptors (Lipinski definition) is 4. The van der Waals surface area contributed by atoms with Crippen LogP contribution in [0.2, 0.25) is 10.0 Å². The normalized spacial score (nSPS) is 10.9. The van der Waals surface area contributed by atoms with Gasteiger partial charge in [0, 0.05) is 10.0 Å². The van der Waals surface area contributed by atoms with Gasteiger partial charge in [0.25, 0.3) is 0 Å². The van der Waals surface area contributed by atoms with Crippen molar-refractivity contribution in [2.45, 2.75) is 6.92 Å². The van der Waals surface area contributed by atoms with Gasteiger partial charge in [-0.2, -0.15) is 5.26 Å². The van der Waals surface area contributed by atoms with Crippen LogP contribution in [0.3, 0.4) is 0 Å². The van der Waals surface area contributed by atoms with Crippen molar-refractivity contribution in [3.05, 3.63) is 27.7 Å². The van der Waals surface area contributed by atoms with Gasteiger partial charge in [-0.05, 0) is 24.6 Å². The summed E-state index contributed by atoms with van der Waals surface area (Å²) in [6, 6.07) is 4.68. The van der Waals surface area contributed by atoms with E-state index in [-0.39, 0.29) is 5.71 Å². The Morgan fingerprint density at radius 3 is 2.35 bits per heavy atom. The summed E-state index contributed by atoms with van der Waals surface area (Å²) in [5.41, 5.74) is 0.680. The van der Waals surface area contributed by atoms with E-state index in [1.807, 2.05) is 0 Å². The van der Waals surface area contributed by atoms with Gasteiger partial charge >= 0.3 is 5.97 Å². The average Bonchev–Trinajstić information content (AvgIpc) is 2.31. The Kier molecular flexibility index (Phi) is 4.50. The van der Waals surface area contributed by atoms with Crippen molar-refractivity contribution in [3.8, 4) is 6.07 Å². The highest BCUT2D eigenvalue weighted by atomic mass is 35.5. The van der Waals surface area contributed by atoms with Crippen molar-refractivity contribution in [2.75, 3.05) is 7.11 Å². The molecule has 1 aromatic rings. The number of carbonyl (C=O) groups excluding carboxylic acids is 1. The molecule has 0 saturated carbocycles. The highest BCUT2D eigenvalue weighted by Gasteiger charge is 2.11. The lowest BCUT2D eigenvalue weighted by Gasteiger charge is -2.03. The lowest BCUT2D eigenvalue weighted by molar-refractivity contribution is -0.132. The van der Waals surface area contributed by atoms with Crippen LogP contribution >= 0.6 is 23.2 Å². The van der Waals surface area contributed by atoms with E-state index in [1.54, 1.807) is 13.0 Å². The Balaban J connectivity index is 3.23. The summed E-state index contributed by atoms with van der Waals surface area (Å²) in [5.74, 6) is -0.805. The fraction of sp³-hybridized carbons (Fsp3) is 0.182. The van der Waals surface area contributed by atoms with Crippen molar-refractivity contribution in [1.29, 1.82) is 5.26 Å². The quantitative estimate of drug-likeness (QED) is 0.613. The molecule has 0 aliphatic carbocycles. The van der Waals surface area contributed by atoms with Gasteiger partial charge in [-0.15, -0.1) is 0 Å².